The van der Waals surface area contributed by atoms with Crippen LogP contribution in [0.5, 0.6) is 5.75 Å². The Balaban J connectivity index is 2.42. The van der Waals surface area contributed by atoms with Crippen molar-refractivity contribution in [3.05, 3.63) is 51.8 Å². The molecule has 0 radical (unpaired) electrons. The maximum Gasteiger partial charge on any atom is 0.147 e. The Morgan fingerprint density at radius 3 is 2.38 bits per heavy atom. The van der Waals surface area contributed by atoms with Crippen LogP contribution in [0.15, 0.2) is 30.5 Å². The SMILES string of the molecule is CC(C)C(C)c1cc(N)ccc1OC(C)(C)c1ncc(Cl)cc1Cl. The minimum absolute atomic E-state index is 0.313. The molecule has 0 aliphatic carbocycles. The van der Waals surface area contributed by atoms with Gasteiger partial charge in [0.15, 0.2) is 0 Å². The first-order valence-electron chi connectivity index (χ1n) is 8.01. The van der Waals surface area contributed by atoms with E-state index >= 15 is 0 Å². The summed E-state index contributed by atoms with van der Waals surface area (Å²) < 4.78 is 6.32. The van der Waals surface area contributed by atoms with Gasteiger partial charge in [0.25, 0.3) is 0 Å². The highest BCUT2D eigenvalue weighted by Crippen LogP contribution is 2.38. The van der Waals surface area contributed by atoms with Crippen molar-refractivity contribution < 1.29 is 4.74 Å². The van der Waals surface area contributed by atoms with Gasteiger partial charge in [0, 0.05) is 11.9 Å². The highest BCUT2D eigenvalue weighted by atomic mass is 35.5. The van der Waals surface area contributed by atoms with Crippen LogP contribution in [-0.4, -0.2) is 4.98 Å². The predicted molar refractivity (Wildman–Crippen MR) is 102 cm³/mol. The Kier molecular flexibility index (Phi) is 5.67. The molecule has 2 N–H and O–H groups in total. The van der Waals surface area contributed by atoms with Gasteiger partial charge in [0.05, 0.1) is 10.0 Å². The number of benzene rings is 1. The van der Waals surface area contributed by atoms with Crippen molar-refractivity contribution in [1.29, 1.82) is 0 Å². The largest absolute Gasteiger partial charge is 0.481 e. The lowest BCUT2D eigenvalue weighted by atomic mass is 9.89. The van der Waals surface area contributed by atoms with Crippen molar-refractivity contribution in [2.75, 3.05) is 5.73 Å². The fourth-order valence-corrected chi connectivity index (χ4v) is 3.16. The third-order valence-corrected chi connectivity index (χ3v) is 4.76. The van der Waals surface area contributed by atoms with Crippen LogP contribution in [0, 0.1) is 5.92 Å². The minimum Gasteiger partial charge on any atom is -0.481 e. The zero-order valence-electron chi connectivity index (χ0n) is 14.7. The van der Waals surface area contributed by atoms with Gasteiger partial charge in [-0.1, -0.05) is 44.0 Å². The van der Waals surface area contributed by atoms with Crippen LogP contribution in [0.1, 0.15) is 51.8 Å². The van der Waals surface area contributed by atoms with E-state index in [2.05, 4.69) is 25.8 Å². The number of rotatable bonds is 5. The molecule has 1 aromatic carbocycles. The maximum atomic E-state index is 6.32. The molecule has 0 aliphatic heterocycles. The zero-order chi connectivity index (χ0) is 18.1. The highest BCUT2D eigenvalue weighted by Gasteiger charge is 2.29. The molecule has 1 unspecified atom stereocenters. The molecule has 0 spiro atoms. The molecular weight excluding hydrogens is 343 g/mol. The van der Waals surface area contributed by atoms with Crippen LogP contribution in [0.2, 0.25) is 10.0 Å². The van der Waals surface area contributed by atoms with Crippen LogP contribution in [0.3, 0.4) is 0 Å². The van der Waals surface area contributed by atoms with E-state index in [4.69, 9.17) is 33.7 Å². The lowest BCUT2D eigenvalue weighted by molar-refractivity contribution is 0.102. The third-order valence-electron chi connectivity index (χ3n) is 4.27. The van der Waals surface area contributed by atoms with Gasteiger partial charge >= 0.3 is 0 Å². The normalized spacial score (nSPS) is 13.2. The van der Waals surface area contributed by atoms with Gasteiger partial charge in [0.2, 0.25) is 0 Å². The first-order chi connectivity index (χ1) is 11.1. The topological polar surface area (TPSA) is 48.1 Å². The number of nitrogen functional groups attached to an aromatic ring is 1. The van der Waals surface area contributed by atoms with E-state index in [9.17, 15) is 0 Å². The summed E-state index contributed by atoms with van der Waals surface area (Å²) in [5.41, 5.74) is 7.73. The molecule has 0 fully saturated rings. The molecule has 24 heavy (non-hydrogen) atoms. The Morgan fingerprint density at radius 2 is 1.79 bits per heavy atom. The fourth-order valence-electron chi connectivity index (χ4n) is 2.56. The van der Waals surface area contributed by atoms with Crippen molar-refractivity contribution in [2.24, 2.45) is 5.92 Å². The van der Waals surface area contributed by atoms with Crippen LogP contribution in [0.25, 0.3) is 0 Å². The third kappa shape index (κ3) is 4.14. The number of halogens is 2. The van der Waals surface area contributed by atoms with Crippen LogP contribution in [0.4, 0.5) is 5.69 Å². The summed E-state index contributed by atoms with van der Waals surface area (Å²) in [6.45, 7) is 10.4. The van der Waals surface area contributed by atoms with Crippen molar-refractivity contribution in [2.45, 2.75) is 46.1 Å². The molecule has 2 rings (SSSR count). The van der Waals surface area contributed by atoms with E-state index in [0.29, 0.717) is 27.6 Å². The average Bonchev–Trinajstić information content (AvgIpc) is 2.47. The smallest absolute Gasteiger partial charge is 0.147 e. The van der Waals surface area contributed by atoms with E-state index in [1.54, 1.807) is 12.3 Å². The predicted octanol–water partition coefficient (Wildman–Crippen LogP) is 6.04. The number of hydrogen-bond acceptors (Lipinski definition) is 3. The summed E-state index contributed by atoms with van der Waals surface area (Å²) in [5.74, 6) is 1.57. The van der Waals surface area contributed by atoms with Crippen LogP contribution < -0.4 is 10.5 Å². The highest BCUT2D eigenvalue weighted by molar-refractivity contribution is 6.34. The van der Waals surface area contributed by atoms with Crippen molar-refractivity contribution in [1.82, 2.24) is 4.98 Å². The van der Waals surface area contributed by atoms with E-state index < -0.39 is 5.60 Å². The summed E-state index contributed by atoms with van der Waals surface area (Å²) in [6.07, 6.45) is 1.58. The van der Waals surface area contributed by atoms with Crippen molar-refractivity contribution >= 4 is 28.9 Å². The van der Waals surface area contributed by atoms with E-state index in [-0.39, 0.29) is 0 Å². The number of pyridine rings is 1. The van der Waals surface area contributed by atoms with E-state index in [0.717, 1.165) is 17.0 Å². The molecule has 0 bridgehead atoms. The minimum atomic E-state index is -0.705. The summed E-state index contributed by atoms with van der Waals surface area (Å²) in [7, 11) is 0. The number of hydrogen-bond donors (Lipinski definition) is 1. The zero-order valence-corrected chi connectivity index (χ0v) is 16.2. The van der Waals surface area contributed by atoms with Gasteiger partial charge in [-0.3, -0.25) is 4.98 Å². The molecule has 1 atom stereocenters. The maximum absolute atomic E-state index is 6.32. The van der Waals surface area contributed by atoms with Gasteiger partial charge in [-0.2, -0.15) is 0 Å². The Hall–Kier alpha value is -1.45. The Labute approximate surface area is 154 Å². The van der Waals surface area contributed by atoms with Gasteiger partial charge < -0.3 is 10.5 Å². The van der Waals surface area contributed by atoms with Gasteiger partial charge in [-0.15, -0.1) is 0 Å². The number of nitrogens with zero attached hydrogens (tertiary/aromatic N) is 1. The molecule has 1 heterocycles. The van der Waals surface area contributed by atoms with Crippen LogP contribution in [-0.2, 0) is 5.60 Å². The second-order valence-corrected chi connectivity index (χ2v) is 7.77. The lowest BCUT2D eigenvalue weighted by Crippen LogP contribution is -2.28. The fraction of sp³-hybridized carbons (Fsp3) is 0.421. The number of ether oxygens (including phenoxy) is 1. The first kappa shape index (κ1) is 18.9. The Morgan fingerprint density at radius 1 is 1.12 bits per heavy atom. The number of nitrogens with two attached hydrogens (primary N) is 1. The quantitative estimate of drug-likeness (QED) is 0.655. The molecule has 1 aromatic heterocycles. The van der Waals surface area contributed by atoms with E-state index in [1.807, 2.05) is 32.0 Å². The molecule has 0 aliphatic rings. The van der Waals surface area contributed by atoms with Gasteiger partial charge in [-0.05, 0) is 55.5 Å². The molecule has 0 amide bonds. The summed E-state index contributed by atoms with van der Waals surface area (Å²) in [6, 6.07) is 7.41. The second kappa shape index (κ2) is 7.20. The lowest BCUT2D eigenvalue weighted by Gasteiger charge is -2.30. The summed E-state index contributed by atoms with van der Waals surface area (Å²) >= 11 is 12.3. The molecule has 0 saturated heterocycles. The number of anilines is 1. The molecule has 3 nitrogen and oxygen atoms in total. The van der Waals surface area contributed by atoms with Crippen LogP contribution >= 0.6 is 23.2 Å². The average molecular weight is 367 g/mol. The molecule has 0 saturated carbocycles. The Bertz CT molecular complexity index is 729. The summed E-state index contributed by atoms with van der Waals surface area (Å²) in [4.78, 5) is 4.36. The van der Waals surface area contributed by atoms with Gasteiger partial charge in [-0.25, -0.2) is 0 Å². The standard InChI is InChI=1S/C19H24Cl2N2O/c1-11(2)12(3)15-9-14(22)6-7-17(15)24-19(4,5)18-16(21)8-13(20)10-23-18/h6-12H,22H2,1-5H3. The van der Waals surface area contributed by atoms with Crippen molar-refractivity contribution in [3.8, 4) is 5.75 Å². The van der Waals surface area contributed by atoms with Crippen molar-refractivity contribution in [3.63, 3.8) is 0 Å². The number of aromatic nitrogens is 1. The molecule has 5 heteroatoms. The molecular formula is C19H24Cl2N2O. The summed E-state index contributed by atoms with van der Waals surface area (Å²) in [5, 5.41) is 0.988. The first-order valence-corrected chi connectivity index (χ1v) is 8.77. The van der Waals surface area contributed by atoms with Gasteiger partial charge in [0.1, 0.15) is 17.0 Å². The van der Waals surface area contributed by atoms with E-state index in [1.165, 1.54) is 0 Å². The molecule has 130 valence electrons. The monoisotopic (exact) mass is 366 g/mol. The second-order valence-electron chi connectivity index (χ2n) is 6.93. The molecule has 2 aromatic rings.